The van der Waals surface area contributed by atoms with Crippen molar-refractivity contribution in [2.45, 2.75) is 110 Å². The highest BCUT2D eigenvalue weighted by Crippen LogP contribution is 2.43. The maximum absolute atomic E-state index is 15.4. The number of halogens is 4. The fourth-order valence-corrected chi connectivity index (χ4v) is 7.66. The number of hydrogen-bond acceptors (Lipinski definition) is 1. The van der Waals surface area contributed by atoms with Gasteiger partial charge in [-0.3, -0.25) is 0 Å². The van der Waals surface area contributed by atoms with E-state index in [0.717, 1.165) is 55.9 Å². The Bertz CT molecular complexity index is 1450. The highest BCUT2D eigenvalue weighted by Gasteiger charge is 2.29. The zero-order valence-electron chi connectivity index (χ0n) is 27.7. The van der Waals surface area contributed by atoms with Crippen LogP contribution in [0.25, 0.3) is 27.8 Å². The Hall–Kier alpha value is -3.08. The van der Waals surface area contributed by atoms with Crippen LogP contribution in [0, 0.1) is 41.0 Å². The van der Waals surface area contributed by atoms with Gasteiger partial charge in [0, 0.05) is 16.7 Å². The topological polar surface area (TPSA) is 9.23 Å². The quantitative estimate of drug-likeness (QED) is 0.127. The van der Waals surface area contributed by atoms with E-state index in [1.807, 2.05) is 0 Å². The molecule has 5 rings (SSSR count). The first kappa shape index (κ1) is 34.3. The monoisotopic (exact) mass is 634 g/mol. The smallest absolute Gasteiger partial charge is 0.201 e. The summed E-state index contributed by atoms with van der Waals surface area (Å²) >= 11 is 0. The van der Waals surface area contributed by atoms with Crippen LogP contribution in [0.4, 0.5) is 17.6 Å². The predicted octanol–water partition coefficient (Wildman–Crippen LogP) is 13.1. The summed E-state index contributed by atoms with van der Waals surface area (Å²) < 4.78 is 66.2. The lowest BCUT2D eigenvalue weighted by Crippen LogP contribution is -2.23. The van der Waals surface area contributed by atoms with Gasteiger partial charge in [0.15, 0.2) is 23.2 Å². The minimum atomic E-state index is -1.01. The lowest BCUT2D eigenvalue weighted by Gasteiger charge is -2.35. The second-order valence-corrected chi connectivity index (χ2v) is 13.6. The molecule has 1 unspecified atom stereocenters. The molecule has 3 aromatic rings. The van der Waals surface area contributed by atoms with E-state index in [-0.39, 0.29) is 16.9 Å². The van der Waals surface area contributed by atoms with Crippen molar-refractivity contribution in [1.82, 2.24) is 0 Å². The van der Waals surface area contributed by atoms with Crippen LogP contribution in [0.2, 0.25) is 0 Å². The van der Waals surface area contributed by atoms with Gasteiger partial charge in [0.1, 0.15) is 0 Å². The Balaban J connectivity index is 1.21. The molecule has 248 valence electrons. The van der Waals surface area contributed by atoms with E-state index < -0.39 is 23.3 Å². The highest BCUT2D eigenvalue weighted by molar-refractivity contribution is 5.74. The second kappa shape index (κ2) is 16.7. The predicted molar refractivity (Wildman–Crippen MR) is 182 cm³/mol. The molecule has 0 N–H and O–H groups in total. The summed E-state index contributed by atoms with van der Waals surface area (Å²) in [5.74, 6) is -1.52. The SMILES string of the molecule is CCCCCCCCOc1ccc(-c2ccc(-c3ccc(C4=CCC(C5CCC(CCC)CC5)CC4)c(F)c3F)cc2)c(F)c1F. The Morgan fingerprint density at radius 2 is 1.17 bits per heavy atom. The number of benzene rings is 3. The van der Waals surface area contributed by atoms with Crippen LogP contribution in [-0.4, -0.2) is 6.61 Å². The third-order valence-electron chi connectivity index (χ3n) is 10.4. The highest BCUT2D eigenvalue weighted by atomic mass is 19.2. The molecule has 0 radical (unpaired) electrons. The van der Waals surface area contributed by atoms with Crippen molar-refractivity contribution in [3.05, 3.63) is 83.4 Å². The van der Waals surface area contributed by atoms with Crippen molar-refractivity contribution in [1.29, 1.82) is 0 Å². The molecule has 0 saturated heterocycles. The van der Waals surface area contributed by atoms with Gasteiger partial charge >= 0.3 is 0 Å². The van der Waals surface area contributed by atoms with E-state index in [1.54, 1.807) is 36.4 Å². The lowest BCUT2D eigenvalue weighted by molar-refractivity contribution is 0.189. The summed E-state index contributed by atoms with van der Waals surface area (Å²) in [4.78, 5) is 0. The Morgan fingerprint density at radius 1 is 0.587 bits per heavy atom. The van der Waals surface area contributed by atoms with Gasteiger partial charge in [-0.2, -0.15) is 4.39 Å². The van der Waals surface area contributed by atoms with Gasteiger partial charge in [-0.05, 0) is 85.1 Å². The van der Waals surface area contributed by atoms with Gasteiger partial charge in [0.05, 0.1) is 6.61 Å². The van der Waals surface area contributed by atoms with Crippen LogP contribution in [-0.2, 0) is 0 Å². The molecule has 1 nitrogen and oxygen atoms in total. The first-order valence-corrected chi connectivity index (χ1v) is 17.8. The Morgan fingerprint density at radius 3 is 1.80 bits per heavy atom. The van der Waals surface area contributed by atoms with Gasteiger partial charge in [-0.25, -0.2) is 13.2 Å². The summed E-state index contributed by atoms with van der Waals surface area (Å²) in [6.45, 7) is 4.78. The van der Waals surface area contributed by atoms with Gasteiger partial charge in [-0.1, -0.05) is 114 Å². The van der Waals surface area contributed by atoms with E-state index >= 15 is 13.2 Å². The molecule has 0 spiro atoms. The molecule has 0 bridgehead atoms. The maximum Gasteiger partial charge on any atom is 0.201 e. The fourth-order valence-electron chi connectivity index (χ4n) is 7.66. The van der Waals surface area contributed by atoms with Crippen LogP contribution in [0.3, 0.4) is 0 Å². The largest absolute Gasteiger partial charge is 0.490 e. The maximum atomic E-state index is 15.4. The van der Waals surface area contributed by atoms with Gasteiger partial charge in [-0.15, -0.1) is 0 Å². The molecule has 5 heteroatoms. The van der Waals surface area contributed by atoms with E-state index in [2.05, 4.69) is 19.9 Å². The van der Waals surface area contributed by atoms with Crippen molar-refractivity contribution < 1.29 is 22.3 Å². The fraction of sp³-hybridized carbons (Fsp3) is 0.512. The lowest BCUT2D eigenvalue weighted by atomic mass is 9.70. The molecule has 3 aromatic carbocycles. The van der Waals surface area contributed by atoms with Crippen molar-refractivity contribution in [2.75, 3.05) is 6.61 Å². The van der Waals surface area contributed by atoms with Crippen LogP contribution >= 0.6 is 0 Å². The molecule has 1 saturated carbocycles. The normalized spacial score (nSPS) is 20.0. The molecule has 2 aliphatic rings. The van der Waals surface area contributed by atoms with Gasteiger partial charge < -0.3 is 4.74 Å². The second-order valence-electron chi connectivity index (χ2n) is 13.6. The average molecular weight is 635 g/mol. The molecule has 0 aromatic heterocycles. The van der Waals surface area contributed by atoms with E-state index in [4.69, 9.17) is 4.74 Å². The summed E-state index contributed by atoms with van der Waals surface area (Å²) in [6.07, 6.45) is 19.2. The zero-order chi connectivity index (χ0) is 32.5. The standard InChI is InChI=1S/C41H50F4O/c1-3-5-6-7-8-9-27-46-37-26-25-36(40(44)41(37)45)33-21-19-32(20-22-33)35-24-23-34(38(42)39(35)43)31-17-15-30(16-18-31)29-13-11-28(10-4-2)12-14-29/h17,19-26,28-30H,3-16,18,27H2,1-2H3. The summed E-state index contributed by atoms with van der Waals surface area (Å²) in [6, 6.07) is 12.7. The zero-order valence-corrected chi connectivity index (χ0v) is 27.7. The van der Waals surface area contributed by atoms with Gasteiger partial charge in [0.25, 0.3) is 0 Å². The Labute approximate surface area is 273 Å². The minimum absolute atomic E-state index is 0.0921. The summed E-state index contributed by atoms with van der Waals surface area (Å²) in [5, 5.41) is 0. The molecule has 1 atom stereocenters. The first-order chi connectivity index (χ1) is 22.4. The third-order valence-corrected chi connectivity index (χ3v) is 10.4. The van der Waals surface area contributed by atoms with Gasteiger partial charge in [0.2, 0.25) is 5.82 Å². The first-order valence-electron chi connectivity index (χ1n) is 17.8. The molecule has 0 amide bonds. The number of unbranched alkanes of at least 4 members (excludes halogenated alkanes) is 5. The minimum Gasteiger partial charge on any atom is -0.490 e. The van der Waals surface area contributed by atoms with Crippen LogP contribution in [0.5, 0.6) is 5.75 Å². The molecule has 46 heavy (non-hydrogen) atoms. The average Bonchev–Trinajstić information content (AvgIpc) is 3.08. The number of rotatable bonds is 14. The molecule has 2 aliphatic carbocycles. The molecule has 0 aliphatic heterocycles. The van der Waals surface area contributed by atoms with Crippen molar-refractivity contribution in [2.24, 2.45) is 17.8 Å². The molecular weight excluding hydrogens is 584 g/mol. The van der Waals surface area contributed by atoms with Crippen LogP contribution in [0.15, 0.2) is 54.6 Å². The summed E-state index contributed by atoms with van der Waals surface area (Å²) in [7, 11) is 0. The summed E-state index contributed by atoms with van der Waals surface area (Å²) in [5.41, 5.74) is 2.40. The van der Waals surface area contributed by atoms with Crippen LogP contribution in [0.1, 0.15) is 116 Å². The molecule has 0 heterocycles. The van der Waals surface area contributed by atoms with Crippen molar-refractivity contribution in [3.63, 3.8) is 0 Å². The van der Waals surface area contributed by atoms with Crippen molar-refractivity contribution >= 4 is 5.57 Å². The number of ether oxygens (including phenoxy) is 1. The number of allylic oxidation sites excluding steroid dienone is 2. The molecular formula is C41H50F4O. The third kappa shape index (κ3) is 8.25. The number of hydrogen-bond donors (Lipinski definition) is 0. The van der Waals surface area contributed by atoms with E-state index in [1.165, 1.54) is 69.9 Å². The van der Waals surface area contributed by atoms with E-state index in [9.17, 15) is 4.39 Å². The Kier molecular flexibility index (Phi) is 12.4. The van der Waals surface area contributed by atoms with E-state index in [0.29, 0.717) is 29.2 Å². The van der Waals surface area contributed by atoms with Crippen LogP contribution < -0.4 is 4.74 Å². The van der Waals surface area contributed by atoms with Crippen molar-refractivity contribution in [3.8, 4) is 28.0 Å². The molecule has 1 fully saturated rings.